The monoisotopic (exact) mass is 290 g/mol. The quantitative estimate of drug-likeness (QED) is 0.799. The fraction of sp³-hybridized carbons (Fsp3) is 0.143. The largest absolute Gasteiger partial charge is 0.481 e. The molecule has 0 atom stereocenters. The molecule has 0 saturated carbocycles. The minimum absolute atomic E-state index is 0.0157. The molecule has 1 N–H and O–H groups in total. The fourth-order valence-electron chi connectivity index (χ4n) is 2.13. The molecule has 5 nitrogen and oxygen atoms in total. The van der Waals surface area contributed by atoms with Crippen LogP contribution in [0.1, 0.15) is 6.42 Å². The number of para-hydroxylation sites is 2. The molecule has 0 aliphatic heterocycles. The molecule has 0 bridgehead atoms. The van der Waals surface area contributed by atoms with Crippen LogP contribution < -0.4 is 0 Å². The summed E-state index contributed by atoms with van der Waals surface area (Å²) in [5.74, 6) is 0.252. The van der Waals surface area contributed by atoms with Gasteiger partial charge in [-0.3, -0.25) is 4.79 Å². The number of hydrogen-bond donors (Lipinski definition) is 1. The maximum absolute atomic E-state index is 10.8. The smallest absolute Gasteiger partial charge is 0.305 e. The standard InChI is InChI=1S/C14H11ClN2O3/c15-12-6-5-11(20-12)14-16-9-3-1-2-4-10(9)17(14)8-7-13(18)19/h1-6H,7-8H2,(H,18,19). The van der Waals surface area contributed by atoms with E-state index in [-0.39, 0.29) is 11.6 Å². The van der Waals surface area contributed by atoms with Gasteiger partial charge in [-0.25, -0.2) is 4.98 Å². The van der Waals surface area contributed by atoms with Crippen LogP contribution in [0.5, 0.6) is 0 Å². The van der Waals surface area contributed by atoms with Gasteiger partial charge in [0.25, 0.3) is 0 Å². The number of furan rings is 1. The fourth-order valence-corrected chi connectivity index (χ4v) is 2.28. The van der Waals surface area contributed by atoms with Gasteiger partial charge in [0.15, 0.2) is 16.8 Å². The van der Waals surface area contributed by atoms with Crippen LogP contribution in [0.2, 0.25) is 5.22 Å². The van der Waals surface area contributed by atoms with Gasteiger partial charge in [-0.2, -0.15) is 0 Å². The maximum Gasteiger partial charge on any atom is 0.305 e. The van der Waals surface area contributed by atoms with Crippen LogP contribution >= 0.6 is 11.6 Å². The Morgan fingerprint density at radius 1 is 1.30 bits per heavy atom. The summed E-state index contributed by atoms with van der Waals surface area (Å²) in [5, 5.41) is 9.15. The molecule has 0 aliphatic rings. The number of carbonyl (C=O) groups is 1. The van der Waals surface area contributed by atoms with Gasteiger partial charge in [0.1, 0.15) is 0 Å². The number of carboxylic acids is 1. The van der Waals surface area contributed by atoms with E-state index in [4.69, 9.17) is 21.1 Å². The molecule has 20 heavy (non-hydrogen) atoms. The zero-order valence-electron chi connectivity index (χ0n) is 10.4. The second-order valence-corrected chi connectivity index (χ2v) is 4.70. The van der Waals surface area contributed by atoms with Crippen LogP contribution in [0.15, 0.2) is 40.8 Å². The molecule has 102 valence electrons. The average Bonchev–Trinajstić information content (AvgIpc) is 2.99. The Kier molecular flexibility index (Phi) is 3.20. The van der Waals surface area contributed by atoms with Crippen molar-refractivity contribution in [2.75, 3.05) is 0 Å². The van der Waals surface area contributed by atoms with Crippen molar-refractivity contribution in [1.82, 2.24) is 9.55 Å². The van der Waals surface area contributed by atoms with E-state index in [1.165, 1.54) is 0 Å². The van der Waals surface area contributed by atoms with Crippen molar-refractivity contribution in [3.63, 3.8) is 0 Å². The second-order valence-electron chi connectivity index (χ2n) is 4.32. The van der Waals surface area contributed by atoms with Crippen molar-refractivity contribution in [2.45, 2.75) is 13.0 Å². The van der Waals surface area contributed by atoms with Crippen molar-refractivity contribution in [3.8, 4) is 11.6 Å². The predicted octanol–water partition coefficient (Wildman–Crippen LogP) is 3.42. The molecule has 0 amide bonds. The first-order valence-corrected chi connectivity index (χ1v) is 6.46. The van der Waals surface area contributed by atoms with Gasteiger partial charge in [-0.05, 0) is 35.9 Å². The molecular weight excluding hydrogens is 280 g/mol. The topological polar surface area (TPSA) is 68.3 Å². The highest BCUT2D eigenvalue weighted by Gasteiger charge is 2.15. The normalized spacial score (nSPS) is 11.1. The van der Waals surface area contributed by atoms with E-state index in [1.54, 1.807) is 12.1 Å². The highest BCUT2D eigenvalue weighted by Crippen LogP contribution is 2.28. The Morgan fingerprint density at radius 2 is 2.10 bits per heavy atom. The van der Waals surface area contributed by atoms with Gasteiger partial charge >= 0.3 is 5.97 Å². The van der Waals surface area contributed by atoms with E-state index in [0.717, 1.165) is 11.0 Å². The molecular formula is C14H11ClN2O3. The Balaban J connectivity index is 2.14. The summed E-state index contributed by atoms with van der Waals surface area (Å²) >= 11 is 5.79. The first kappa shape index (κ1) is 12.7. The SMILES string of the molecule is O=C(O)CCn1c(-c2ccc(Cl)o2)nc2ccccc21. The van der Waals surface area contributed by atoms with E-state index >= 15 is 0 Å². The lowest BCUT2D eigenvalue weighted by Gasteiger charge is -2.05. The highest BCUT2D eigenvalue weighted by atomic mass is 35.5. The molecule has 0 radical (unpaired) electrons. The van der Waals surface area contributed by atoms with E-state index in [1.807, 2.05) is 28.8 Å². The zero-order chi connectivity index (χ0) is 14.1. The van der Waals surface area contributed by atoms with Gasteiger partial charge in [-0.15, -0.1) is 0 Å². The molecule has 3 aromatic rings. The number of halogens is 1. The third-order valence-corrected chi connectivity index (χ3v) is 3.20. The number of aryl methyl sites for hydroxylation is 1. The van der Waals surface area contributed by atoms with E-state index in [2.05, 4.69) is 4.98 Å². The Bertz CT molecular complexity index is 776. The lowest BCUT2D eigenvalue weighted by Crippen LogP contribution is -2.05. The molecule has 0 spiro atoms. The molecule has 0 fully saturated rings. The van der Waals surface area contributed by atoms with Gasteiger partial charge in [0.2, 0.25) is 0 Å². The number of nitrogens with zero attached hydrogens (tertiary/aromatic N) is 2. The number of imidazole rings is 1. The number of carboxylic acid groups (broad SMARTS) is 1. The number of hydrogen-bond acceptors (Lipinski definition) is 3. The molecule has 0 saturated heterocycles. The number of aromatic nitrogens is 2. The first-order valence-electron chi connectivity index (χ1n) is 6.08. The predicted molar refractivity (Wildman–Crippen MR) is 74.7 cm³/mol. The summed E-state index contributed by atoms with van der Waals surface area (Å²) in [6.45, 7) is 0.323. The van der Waals surface area contributed by atoms with Crippen molar-refractivity contribution >= 4 is 28.6 Å². The van der Waals surface area contributed by atoms with Crippen molar-refractivity contribution in [1.29, 1.82) is 0 Å². The molecule has 0 aliphatic carbocycles. The third kappa shape index (κ3) is 2.28. The summed E-state index contributed by atoms with van der Waals surface area (Å²) in [7, 11) is 0. The number of rotatable bonds is 4. The van der Waals surface area contributed by atoms with Crippen LogP contribution in [-0.2, 0) is 11.3 Å². The van der Waals surface area contributed by atoms with Crippen LogP contribution in [0.4, 0.5) is 0 Å². The molecule has 1 aromatic carbocycles. The third-order valence-electron chi connectivity index (χ3n) is 3.00. The van der Waals surface area contributed by atoms with Gasteiger partial charge in [-0.1, -0.05) is 12.1 Å². The molecule has 3 rings (SSSR count). The zero-order valence-corrected chi connectivity index (χ0v) is 11.2. The summed E-state index contributed by atoms with van der Waals surface area (Å²) < 4.78 is 7.21. The average molecular weight is 291 g/mol. The Labute approximate surface area is 119 Å². The molecule has 2 aromatic heterocycles. The molecule has 0 unspecified atom stereocenters. The van der Waals surface area contributed by atoms with Crippen LogP contribution in [-0.4, -0.2) is 20.6 Å². The number of fused-ring (bicyclic) bond motifs is 1. The maximum atomic E-state index is 10.8. The van der Waals surface area contributed by atoms with Crippen molar-refractivity contribution < 1.29 is 14.3 Å². The minimum Gasteiger partial charge on any atom is -0.481 e. The molecule has 2 heterocycles. The van der Waals surface area contributed by atoms with Crippen LogP contribution in [0.3, 0.4) is 0 Å². The second kappa shape index (κ2) is 5.02. The lowest BCUT2D eigenvalue weighted by atomic mass is 10.3. The van der Waals surface area contributed by atoms with Gasteiger partial charge in [0.05, 0.1) is 17.5 Å². The number of benzene rings is 1. The van der Waals surface area contributed by atoms with Crippen molar-refractivity contribution in [3.05, 3.63) is 41.6 Å². The van der Waals surface area contributed by atoms with Crippen LogP contribution in [0, 0.1) is 0 Å². The number of aliphatic carboxylic acids is 1. The highest BCUT2D eigenvalue weighted by molar-refractivity contribution is 6.28. The summed E-state index contributed by atoms with van der Waals surface area (Å²) in [4.78, 5) is 15.3. The van der Waals surface area contributed by atoms with Gasteiger partial charge < -0.3 is 14.1 Å². The van der Waals surface area contributed by atoms with E-state index in [9.17, 15) is 4.79 Å². The minimum atomic E-state index is -0.855. The Hall–Kier alpha value is -2.27. The Morgan fingerprint density at radius 3 is 2.80 bits per heavy atom. The van der Waals surface area contributed by atoms with Crippen LogP contribution in [0.25, 0.3) is 22.6 Å². The van der Waals surface area contributed by atoms with E-state index in [0.29, 0.717) is 18.1 Å². The lowest BCUT2D eigenvalue weighted by molar-refractivity contribution is -0.137. The first-order chi connectivity index (χ1) is 9.65. The van der Waals surface area contributed by atoms with Gasteiger partial charge in [0, 0.05) is 6.54 Å². The summed E-state index contributed by atoms with van der Waals surface area (Å²) in [6, 6.07) is 10.9. The summed E-state index contributed by atoms with van der Waals surface area (Å²) in [6.07, 6.45) is 0.0157. The van der Waals surface area contributed by atoms with E-state index < -0.39 is 5.97 Å². The molecule has 6 heteroatoms. The summed E-state index contributed by atoms with van der Waals surface area (Å²) in [5.41, 5.74) is 1.66. The van der Waals surface area contributed by atoms with Crippen molar-refractivity contribution in [2.24, 2.45) is 0 Å².